The van der Waals surface area contributed by atoms with Gasteiger partial charge in [0.15, 0.2) is 0 Å². The summed E-state index contributed by atoms with van der Waals surface area (Å²) >= 11 is 0. The molecular formula is C90H181N29O16. The predicted molar refractivity (Wildman–Crippen MR) is 523 cm³/mol. The number of rotatable bonds is 87. The number of nitrogens with two attached hydrogens (primary N) is 15. The van der Waals surface area contributed by atoms with Gasteiger partial charge in [-0.15, -0.1) is 0 Å². The number of hydrogen-bond acceptors (Lipinski definition) is 30. The molecule has 14 amide bonds. The Bertz CT molecular complexity index is 3260. The standard InChI is InChI=1S/C90H181N29O16/c1-60(2)59-61(105)76(120)106-62(31-3-17-45-91)77(121)107-63(32-4-18-46-92)78(122)108-64(33-5-19-47-93)79(123)109-65(34-6-20-48-94)80(124)110-66(35-7-21-49-95)81(125)111-67(36-8-22-50-96)82(126)112-68(37-9-23-51-97)83(127)113-69(38-10-24-52-98)84(128)114-70(39-11-25-53-99)85(129)115-71(40-12-26-54-100)86(130)116-72(41-13-27-55-101)87(131)117-73(42-14-28-56-102)88(132)118-74(43-15-29-57-103)89(133)119-75(90(134)135)44-16-30-58-104/h60-75H,3-59,91-105H2,1-2H3,(H,106,120)(H,107,121)(H,108,122)(H,109,123)(H,110,124)(H,111,125)(H,112,126)(H,113,127)(H,114,128)(H,115,129)(H,116,130)(H,117,131)(H,118,132)(H,119,133)(H,134,135)/t61-,62-,63-,64-,65-,66-,67-,68-,69-,70-,71-,72-,73-,74-,75-/m0/s1. The molecule has 0 spiro atoms. The van der Waals surface area contributed by atoms with Crippen molar-refractivity contribution in [3.8, 4) is 0 Å². The largest absolute Gasteiger partial charge is 0.480 e. The fourth-order valence-corrected chi connectivity index (χ4v) is 15.1. The van der Waals surface area contributed by atoms with Gasteiger partial charge in [0, 0.05) is 0 Å². The van der Waals surface area contributed by atoms with E-state index in [1.807, 2.05) is 13.8 Å². The first-order chi connectivity index (χ1) is 64.8. The molecule has 0 saturated heterocycles. The number of amides is 14. The summed E-state index contributed by atoms with van der Waals surface area (Å²) in [6.45, 7) is 7.15. The van der Waals surface area contributed by atoms with Crippen molar-refractivity contribution in [2.45, 2.75) is 381 Å². The minimum atomic E-state index is -1.39. The number of carboxylic acid groups (broad SMARTS) is 1. The lowest BCUT2D eigenvalue weighted by molar-refractivity contribution is -0.142. The zero-order valence-electron chi connectivity index (χ0n) is 81.3. The Balaban J connectivity index is 7.71. The second-order valence-electron chi connectivity index (χ2n) is 35.4. The molecule has 0 aromatic heterocycles. The van der Waals surface area contributed by atoms with Crippen LogP contribution in [0.15, 0.2) is 0 Å². The Kier molecular flexibility index (Phi) is 75.3. The van der Waals surface area contributed by atoms with Crippen LogP contribution in [0.5, 0.6) is 0 Å². The van der Waals surface area contributed by atoms with Crippen molar-refractivity contribution in [2.24, 2.45) is 91.9 Å². The number of unbranched alkanes of at least 4 members (excludes halogenated alkanes) is 14. The van der Waals surface area contributed by atoms with Crippen molar-refractivity contribution in [1.82, 2.24) is 74.4 Å². The third-order valence-electron chi connectivity index (χ3n) is 23.2. The Morgan fingerprint density at radius 1 is 0.170 bits per heavy atom. The van der Waals surface area contributed by atoms with Gasteiger partial charge < -0.3 is 166 Å². The van der Waals surface area contributed by atoms with Crippen molar-refractivity contribution >= 4 is 88.7 Å². The molecule has 0 radical (unpaired) electrons. The summed E-state index contributed by atoms with van der Waals surface area (Å²) in [4.78, 5) is 217. The zero-order valence-corrected chi connectivity index (χ0v) is 81.3. The first kappa shape index (κ1) is 126. The van der Waals surface area contributed by atoms with E-state index < -0.39 is 179 Å². The Morgan fingerprint density at radius 3 is 0.363 bits per heavy atom. The molecule has 0 aliphatic carbocycles. The second-order valence-corrected chi connectivity index (χ2v) is 35.4. The molecule has 15 atom stereocenters. The van der Waals surface area contributed by atoms with Crippen LogP contribution in [-0.4, -0.2) is 276 Å². The first-order valence-corrected chi connectivity index (χ1v) is 49.9. The molecule has 0 rings (SSSR count). The minimum absolute atomic E-state index is 0.00806. The van der Waals surface area contributed by atoms with Crippen LogP contribution in [0, 0.1) is 5.92 Å². The SMILES string of the molecule is CC(C)C[C@H](N)C(=O)N[C@@H](CCCCN)C(=O)N[C@@H](CCCCN)C(=O)N[C@@H](CCCCN)C(=O)N[C@@H](CCCCN)C(=O)N[C@@H](CCCCN)C(=O)N[C@@H](CCCCN)C(=O)N[C@@H](CCCCN)C(=O)N[C@@H](CCCCN)C(=O)N[C@@H](CCCCN)C(=O)N[C@@H](CCCCN)C(=O)N[C@@H](CCCCN)C(=O)N[C@@H](CCCCN)C(=O)N[C@@H](CCCCN)C(=O)N[C@@H](CCCCN)C(=O)O. The number of hydrogen-bond donors (Lipinski definition) is 30. The fourth-order valence-electron chi connectivity index (χ4n) is 15.1. The molecule has 0 saturated carbocycles. The lowest BCUT2D eigenvalue weighted by atomic mass is 10.0. The summed E-state index contributed by atoms with van der Waals surface area (Å²) in [7, 11) is 0. The van der Waals surface area contributed by atoms with Crippen LogP contribution in [0.25, 0.3) is 0 Å². The Labute approximate surface area is 800 Å². The maximum absolute atomic E-state index is 15.0. The molecule has 45 heteroatoms. The van der Waals surface area contributed by atoms with E-state index in [0.29, 0.717) is 174 Å². The van der Waals surface area contributed by atoms with Crippen LogP contribution in [0.2, 0.25) is 0 Å². The molecule has 0 unspecified atom stereocenters. The van der Waals surface area contributed by atoms with Gasteiger partial charge in [0.25, 0.3) is 0 Å². The summed E-state index contributed by atoms with van der Waals surface area (Å²) in [6.07, 6.45) is 11.6. The molecule has 45 nitrogen and oxygen atoms in total. The average molecular weight is 1930 g/mol. The van der Waals surface area contributed by atoms with Crippen LogP contribution >= 0.6 is 0 Å². The number of carbonyl (C=O) groups is 15. The van der Waals surface area contributed by atoms with Crippen LogP contribution in [0.4, 0.5) is 0 Å². The monoisotopic (exact) mass is 1920 g/mol. The van der Waals surface area contributed by atoms with Gasteiger partial charge in [0.1, 0.15) is 84.6 Å². The van der Waals surface area contributed by atoms with E-state index >= 15 is 9.59 Å². The predicted octanol–water partition coefficient (Wildman–Crippen LogP) is -4.96. The lowest BCUT2D eigenvalue weighted by Gasteiger charge is -2.29. The Hall–Kier alpha value is -8.55. The smallest absolute Gasteiger partial charge is 0.326 e. The third kappa shape index (κ3) is 58.1. The molecule has 0 aliphatic rings. The summed E-state index contributed by atoms with van der Waals surface area (Å²) < 4.78 is 0. The highest BCUT2D eigenvalue weighted by Gasteiger charge is 2.39. The molecule has 45 N–H and O–H groups in total. The van der Waals surface area contributed by atoms with Crippen molar-refractivity contribution in [2.75, 3.05) is 91.6 Å². The zero-order chi connectivity index (χ0) is 101. The van der Waals surface area contributed by atoms with Gasteiger partial charge >= 0.3 is 5.97 Å². The molecule has 0 fully saturated rings. The number of aliphatic carboxylic acids is 1. The van der Waals surface area contributed by atoms with Gasteiger partial charge in [0.2, 0.25) is 82.7 Å². The highest BCUT2D eigenvalue weighted by Crippen LogP contribution is 2.18. The summed E-state index contributed by atoms with van der Waals surface area (Å²) in [6, 6.07) is -19.3. The maximum Gasteiger partial charge on any atom is 0.326 e. The van der Waals surface area contributed by atoms with Gasteiger partial charge in [-0.25, -0.2) is 4.79 Å². The molecule has 0 aliphatic heterocycles. The van der Waals surface area contributed by atoms with Crippen LogP contribution in [-0.2, 0) is 71.9 Å². The van der Waals surface area contributed by atoms with Gasteiger partial charge in [-0.3, -0.25) is 67.1 Å². The molecule has 0 aromatic carbocycles. The number of nitrogens with one attached hydrogen (secondary N) is 14. The van der Waals surface area contributed by atoms with E-state index in [0.717, 1.165) is 0 Å². The highest BCUT2D eigenvalue weighted by atomic mass is 16.4. The minimum Gasteiger partial charge on any atom is -0.480 e. The van der Waals surface area contributed by atoms with Crippen LogP contribution in [0.3, 0.4) is 0 Å². The van der Waals surface area contributed by atoms with Crippen molar-refractivity contribution in [1.29, 1.82) is 0 Å². The third-order valence-corrected chi connectivity index (χ3v) is 23.2. The maximum atomic E-state index is 15.0. The lowest BCUT2D eigenvalue weighted by Crippen LogP contribution is -2.61. The van der Waals surface area contributed by atoms with E-state index in [1.54, 1.807) is 0 Å². The van der Waals surface area contributed by atoms with Crippen molar-refractivity contribution < 1.29 is 77.0 Å². The van der Waals surface area contributed by atoms with Crippen LogP contribution < -0.4 is 160 Å². The van der Waals surface area contributed by atoms with E-state index in [1.165, 1.54) is 0 Å². The van der Waals surface area contributed by atoms with E-state index in [9.17, 15) is 67.4 Å². The molecule has 782 valence electrons. The first-order valence-electron chi connectivity index (χ1n) is 49.9. The van der Waals surface area contributed by atoms with Gasteiger partial charge in [0.05, 0.1) is 6.04 Å². The average Bonchev–Trinajstić information content (AvgIpc) is 0.857. The van der Waals surface area contributed by atoms with Crippen molar-refractivity contribution in [3.63, 3.8) is 0 Å². The second kappa shape index (κ2) is 80.4. The topological polar surface area (TPSA) is 835 Å². The number of carboxylic acids is 1. The van der Waals surface area contributed by atoms with Crippen LogP contribution in [0.1, 0.15) is 290 Å². The summed E-state index contributed by atoms with van der Waals surface area (Å²) in [5, 5.41) is 48.9. The molecule has 0 aromatic rings. The quantitative estimate of drug-likeness (QED) is 0.0254. The summed E-state index contributed by atoms with van der Waals surface area (Å²) in [5.41, 5.74) is 88.7. The van der Waals surface area contributed by atoms with E-state index in [4.69, 9.17) is 86.0 Å². The molecular weight excluding hydrogens is 1740 g/mol. The molecule has 135 heavy (non-hydrogen) atoms. The van der Waals surface area contributed by atoms with E-state index in [2.05, 4.69) is 74.4 Å². The van der Waals surface area contributed by atoms with Gasteiger partial charge in [-0.05, 0) is 374 Å². The number of carbonyl (C=O) groups excluding carboxylic acids is 14. The van der Waals surface area contributed by atoms with Gasteiger partial charge in [-0.1, -0.05) is 13.8 Å². The summed E-state index contributed by atoms with van der Waals surface area (Å²) in [5.74, 6) is -11.9. The normalized spacial score (nSPS) is 14.7. The Morgan fingerprint density at radius 2 is 0.267 bits per heavy atom. The van der Waals surface area contributed by atoms with Gasteiger partial charge in [-0.2, -0.15) is 0 Å². The highest BCUT2D eigenvalue weighted by molar-refractivity contribution is 6.00. The molecule has 0 bridgehead atoms. The van der Waals surface area contributed by atoms with Crippen molar-refractivity contribution in [3.05, 3.63) is 0 Å². The molecule has 0 heterocycles. The van der Waals surface area contributed by atoms with E-state index in [-0.39, 0.29) is 200 Å². The fraction of sp³-hybridized carbons (Fsp3) is 0.833.